The molecule has 0 aliphatic heterocycles. The largest absolute Gasteiger partial charge is 0.494 e. The Labute approximate surface area is 131 Å². The number of benzene rings is 2. The number of nitrogens with zero attached hydrogens (tertiary/aromatic N) is 1. The second-order valence-corrected chi connectivity index (χ2v) is 5.21. The molecule has 0 fully saturated rings. The molecule has 0 aromatic heterocycles. The molecule has 0 aliphatic rings. The van der Waals surface area contributed by atoms with Gasteiger partial charge < -0.3 is 10.5 Å². The molecule has 1 unspecified atom stereocenters. The van der Waals surface area contributed by atoms with Crippen LogP contribution >= 0.6 is 0 Å². The average molecular weight is 298 g/mol. The number of hydrogen-bond donors (Lipinski definition) is 1. The van der Waals surface area contributed by atoms with Gasteiger partial charge in [-0.25, -0.2) is 0 Å². The fraction of sp³-hybridized carbons (Fsp3) is 0.278. The van der Waals surface area contributed by atoms with Gasteiger partial charge in [-0.2, -0.15) is 0 Å². The van der Waals surface area contributed by atoms with E-state index in [9.17, 15) is 4.79 Å². The number of carbonyl (C=O) groups excluding carboxylic acids is 1. The summed E-state index contributed by atoms with van der Waals surface area (Å²) in [5.41, 5.74) is 6.47. The van der Waals surface area contributed by atoms with Crippen LogP contribution in [0.4, 0.5) is 0 Å². The highest BCUT2D eigenvalue weighted by atomic mass is 16.5. The molecule has 4 heteroatoms. The number of ether oxygens (including phenoxy) is 1. The van der Waals surface area contributed by atoms with Crippen molar-refractivity contribution in [2.24, 2.45) is 5.73 Å². The maximum absolute atomic E-state index is 11.7. The number of amides is 1. The van der Waals surface area contributed by atoms with Crippen molar-refractivity contribution in [2.45, 2.75) is 12.5 Å². The zero-order valence-electron chi connectivity index (χ0n) is 12.8. The van der Waals surface area contributed by atoms with Crippen molar-refractivity contribution in [2.75, 3.05) is 20.2 Å². The van der Waals surface area contributed by atoms with Gasteiger partial charge in [-0.1, -0.05) is 48.5 Å². The van der Waals surface area contributed by atoms with E-state index in [1.165, 1.54) is 0 Å². The van der Waals surface area contributed by atoms with Gasteiger partial charge in [0.2, 0.25) is 5.91 Å². The zero-order chi connectivity index (χ0) is 15.8. The maximum atomic E-state index is 11.7. The summed E-state index contributed by atoms with van der Waals surface area (Å²) < 4.78 is 5.66. The predicted molar refractivity (Wildman–Crippen MR) is 87.6 cm³/mol. The van der Waals surface area contributed by atoms with Gasteiger partial charge in [0.05, 0.1) is 6.61 Å². The SMILES string of the molecule is CN(CCCOc1ccccc1)C(C(N)=O)c1ccccc1. The lowest BCUT2D eigenvalue weighted by Gasteiger charge is -2.25. The molecular weight excluding hydrogens is 276 g/mol. The van der Waals surface area contributed by atoms with E-state index >= 15 is 0 Å². The van der Waals surface area contributed by atoms with E-state index in [2.05, 4.69) is 0 Å². The standard InChI is InChI=1S/C18H22N2O2/c1-20(13-8-14-22-16-11-6-3-7-12-16)17(18(19)21)15-9-4-2-5-10-15/h2-7,9-12,17H,8,13-14H2,1H3,(H2,19,21). The molecule has 2 N–H and O–H groups in total. The first-order valence-corrected chi connectivity index (χ1v) is 7.41. The molecule has 0 bridgehead atoms. The Morgan fingerprint density at radius 3 is 2.27 bits per heavy atom. The minimum absolute atomic E-state index is 0.335. The van der Waals surface area contributed by atoms with Crippen molar-refractivity contribution in [3.05, 3.63) is 66.2 Å². The number of para-hydroxylation sites is 1. The third-order valence-corrected chi connectivity index (χ3v) is 3.49. The van der Waals surface area contributed by atoms with Crippen molar-refractivity contribution in [1.29, 1.82) is 0 Å². The van der Waals surface area contributed by atoms with Crippen LogP contribution in [-0.2, 0) is 4.79 Å². The second-order valence-electron chi connectivity index (χ2n) is 5.21. The van der Waals surface area contributed by atoms with Crippen molar-refractivity contribution in [3.63, 3.8) is 0 Å². The number of likely N-dealkylation sites (N-methyl/N-ethyl adjacent to an activating group) is 1. The van der Waals surface area contributed by atoms with Gasteiger partial charge in [-0.15, -0.1) is 0 Å². The Kier molecular flexibility index (Phi) is 5.98. The summed E-state index contributed by atoms with van der Waals surface area (Å²) in [4.78, 5) is 13.7. The molecule has 0 saturated heterocycles. The fourth-order valence-corrected chi connectivity index (χ4v) is 2.42. The summed E-state index contributed by atoms with van der Waals surface area (Å²) in [6, 6.07) is 18.9. The molecule has 1 atom stereocenters. The first kappa shape index (κ1) is 16.0. The van der Waals surface area contributed by atoms with Crippen LogP contribution in [0.15, 0.2) is 60.7 Å². The normalized spacial score (nSPS) is 12.1. The molecule has 0 saturated carbocycles. The Morgan fingerprint density at radius 2 is 1.68 bits per heavy atom. The summed E-state index contributed by atoms with van der Waals surface area (Å²) >= 11 is 0. The van der Waals surface area contributed by atoms with E-state index < -0.39 is 6.04 Å². The van der Waals surface area contributed by atoms with E-state index in [4.69, 9.17) is 10.5 Å². The van der Waals surface area contributed by atoms with Crippen LogP contribution in [0.5, 0.6) is 5.75 Å². The van der Waals surface area contributed by atoms with Crippen molar-refractivity contribution < 1.29 is 9.53 Å². The Bertz CT molecular complexity index is 572. The van der Waals surface area contributed by atoms with Crippen LogP contribution in [0.25, 0.3) is 0 Å². The first-order chi connectivity index (χ1) is 10.7. The molecule has 2 rings (SSSR count). The van der Waals surface area contributed by atoms with E-state index in [1.54, 1.807) is 0 Å². The molecule has 2 aromatic carbocycles. The summed E-state index contributed by atoms with van der Waals surface area (Å²) in [6.45, 7) is 1.34. The molecule has 22 heavy (non-hydrogen) atoms. The monoisotopic (exact) mass is 298 g/mol. The van der Waals surface area contributed by atoms with Gasteiger partial charge in [0.25, 0.3) is 0 Å². The van der Waals surface area contributed by atoms with Crippen LogP contribution in [0.1, 0.15) is 18.0 Å². The number of carbonyl (C=O) groups is 1. The molecule has 2 aromatic rings. The average Bonchev–Trinajstić information content (AvgIpc) is 2.53. The van der Waals surface area contributed by atoms with Crippen LogP contribution in [0, 0.1) is 0 Å². The fourth-order valence-electron chi connectivity index (χ4n) is 2.42. The highest BCUT2D eigenvalue weighted by Crippen LogP contribution is 2.19. The molecule has 116 valence electrons. The highest BCUT2D eigenvalue weighted by molar-refractivity contribution is 5.81. The van der Waals surface area contributed by atoms with Crippen molar-refractivity contribution >= 4 is 5.91 Å². The first-order valence-electron chi connectivity index (χ1n) is 7.41. The summed E-state index contributed by atoms with van der Waals surface area (Å²) in [7, 11) is 1.91. The van der Waals surface area contributed by atoms with Gasteiger partial charge in [0.15, 0.2) is 0 Å². The van der Waals surface area contributed by atoms with Crippen LogP contribution in [0.2, 0.25) is 0 Å². The molecule has 1 amide bonds. The lowest BCUT2D eigenvalue weighted by molar-refractivity contribution is -0.123. The summed E-state index contributed by atoms with van der Waals surface area (Å²) in [5, 5.41) is 0. The topological polar surface area (TPSA) is 55.6 Å². The zero-order valence-corrected chi connectivity index (χ0v) is 12.8. The third-order valence-electron chi connectivity index (χ3n) is 3.49. The van der Waals surface area contributed by atoms with E-state index in [0.29, 0.717) is 6.61 Å². The molecule has 0 spiro atoms. The van der Waals surface area contributed by atoms with Crippen LogP contribution in [0.3, 0.4) is 0 Å². The van der Waals surface area contributed by atoms with Gasteiger partial charge in [0.1, 0.15) is 11.8 Å². The molecule has 0 aliphatic carbocycles. The second kappa shape index (κ2) is 8.20. The van der Waals surface area contributed by atoms with Gasteiger partial charge in [-0.3, -0.25) is 9.69 Å². The minimum Gasteiger partial charge on any atom is -0.494 e. The molecule has 0 radical (unpaired) electrons. The third kappa shape index (κ3) is 4.60. The maximum Gasteiger partial charge on any atom is 0.239 e. The Balaban J connectivity index is 1.84. The predicted octanol–water partition coefficient (Wildman–Crippen LogP) is 2.61. The molecule has 0 heterocycles. The van der Waals surface area contributed by atoms with Gasteiger partial charge in [-0.05, 0) is 31.2 Å². The molecule has 4 nitrogen and oxygen atoms in total. The number of hydrogen-bond acceptors (Lipinski definition) is 3. The van der Waals surface area contributed by atoms with Crippen molar-refractivity contribution in [1.82, 2.24) is 4.90 Å². The Hall–Kier alpha value is -2.33. The lowest BCUT2D eigenvalue weighted by atomic mass is 10.1. The van der Waals surface area contributed by atoms with E-state index in [-0.39, 0.29) is 5.91 Å². The smallest absolute Gasteiger partial charge is 0.239 e. The Morgan fingerprint density at radius 1 is 1.09 bits per heavy atom. The van der Waals surface area contributed by atoms with Gasteiger partial charge in [0, 0.05) is 6.54 Å². The van der Waals surface area contributed by atoms with Crippen LogP contribution in [-0.4, -0.2) is 31.0 Å². The number of rotatable bonds is 8. The molecular formula is C18H22N2O2. The van der Waals surface area contributed by atoms with E-state index in [1.807, 2.05) is 72.6 Å². The number of primary amides is 1. The lowest BCUT2D eigenvalue weighted by Crippen LogP contribution is -2.36. The summed E-state index contributed by atoms with van der Waals surface area (Å²) in [5.74, 6) is 0.525. The van der Waals surface area contributed by atoms with Crippen LogP contribution < -0.4 is 10.5 Å². The minimum atomic E-state index is -0.405. The summed E-state index contributed by atoms with van der Waals surface area (Å²) in [6.07, 6.45) is 0.821. The van der Waals surface area contributed by atoms with Crippen molar-refractivity contribution in [3.8, 4) is 5.75 Å². The van der Waals surface area contributed by atoms with E-state index in [0.717, 1.165) is 24.3 Å². The highest BCUT2D eigenvalue weighted by Gasteiger charge is 2.22. The quantitative estimate of drug-likeness (QED) is 0.762. The number of nitrogens with two attached hydrogens (primary N) is 1. The van der Waals surface area contributed by atoms with Gasteiger partial charge >= 0.3 is 0 Å².